The monoisotopic (exact) mass is 314 g/mol. The van der Waals surface area contributed by atoms with Crippen molar-refractivity contribution in [2.75, 3.05) is 6.61 Å². The molecule has 124 valence electrons. The number of hydrogen-bond donors (Lipinski definition) is 0. The zero-order chi connectivity index (χ0) is 16.3. The normalized spacial score (nSPS) is 11.3. The summed E-state index contributed by atoms with van der Waals surface area (Å²) in [7, 11) is 0. The molecule has 2 aromatic carbocycles. The van der Waals surface area contributed by atoms with Crippen LogP contribution in [0.1, 0.15) is 31.4 Å². The van der Waals surface area contributed by atoms with E-state index in [1.807, 2.05) is 50.2 Å². The summed E-state index contributed by atoms with van der Waals surface area (Å²) in [5, 5.41) is 0. The molecule has 2 aromatic rings. The van der Waals surface area contributed by atoms with Gasteiger partial charge in [0.05, 0.1) is 25.9 Å². The Kier molecular flexibility index (Phi) is 7.81. The minimum atomic E-state index is -0.269. The van der Waals surface area contributed by atoms with E-state index in [1.54, 1.807) is 0 Å². The molecule has 0 N–H and O–H groups in total. The average Bonchev–Trinajstić information content (AvgIpc) is 2.58. The Morgan fingerprint density at radius 3 is 1.61 bits per heavy atom. The topological polar surface area (TPSA) is 27.7 Å². The summed E-state index contributed by atoms with van der Waals surface area (Å²) in [5.41, 5.74) is 2.29. The molecule has 0 aliphatic heterocycles. The van der Waals surface area contributed by atoms with Crippen LogP contribution >= 0.6 is 0 Å². The number of benzene rings is 2. The van der Waals surface area contributed by atoms with Crippen LogP contribution in [0.25, 0.3) is 0 Å². The van der Waals surface area contributed by atoms with Gasteiger partial charge in [0, 0.05) is 6.42 Å². The van der Waals surface area contributed by atoms with E-state index in [0.29, 0.717) is 19.8 Å². The highest BCUT2D eigenvalue weighted by atomic mass is 16.7. The Hall–Kier alpha value is -1.68. The first-order chi connectivity index (χ1) is 11.2. The maximum Gasteiger partial charge on any atom is 0.160 e. The van der Waals surface area contributed by atoms with Crippen LogP contribution in [0, 0.1) is 0 Å². The highest BCUT2D eigenvalue weighted by Crippen LogP contribution is 2.11. The van der Waals surface area contributed by atoms with Crippen molar-refractivity contribution in [2.24, 2.45) is 0 Å². The fourth-order valence-electron chi connectivity index (χ4n) is 2.14. The smallest absolute Gasteiger partial charge is 0.160 e. The zero-order valence-electron chi connectivity index (χ0n) is 14.0. The summed E-state index contributed by atoms with van der Waals surface area (Å²) in [4.78, 5) is 0. The molecule has 0 amide bonds. The Morgan fingerprint density at radius 1 is 0.696 bits per heavy atom. The molecule has 3 nitrogen and oxygen atoms in total. The summed E-state index contributed by atoms with van der Waals surface area (Å²) < 4.78 is 17.5. The van der Waals surface area contributed by atoms with Crippen LogP contribution in [0.4, 0.5) is 0 Å². The molecule has 2 rings (SSSR count). The van der Waals surface area contributed by atoms with E-state index < -0.39 is 0 Å². The van der Waals surface area contributed by atoms with E-state index in [9.17, 15) is 0 Å². The van der Waals surface area contributed by atoms with Gasteiger partial charge in [0.1, 0.15) is 0 Å². The van der Waals surface area contributed by atoms with Crippen LogP contribution in [0.5, 0.6) is 0 Å². The van der Waals surface area contributed by atoms with E-state index in [4.69, 9.17) is 14.2 Å². The van der Waals surface area contributed by atoms with Gasteiger partial charge in [-0.3, -0.25) is 0 Å². The lowest BCUT2D eigenvalue weighted by Crippen LogP contribution is -2.20. The highest BCUT2D eigenvalue weighted by Gasteiger charge is 2.11. The van der Waals surface area contributed by atoms with Gasteiger partial charge in [-0.05, 0) is 25.0 Å². The summed E-state index contributed by atoms with van der Waals surface area (Å²) in [6.07, 6.45) is 0.672. The Bertz CT molecular complexity index is 482. The van der Waals surface area contributed by atoms with Gasteiger partial charge in [-0.1, -0.05) is 60.7 Å². The van der Waals surface area contributed by atoms with E-state index in [2.05, 4.69) is 24.3 Å². The van der Waals surface area contributed by atoms with Gasteiger partial charge in [-0.25, -0.2) is 0 Å². The van der Waals surface area contributed by atoms with Crippen molar-refractivity contribution in [1.29, 1.82) is 0 Å². The first kappa shape index (κ1) is 17.7. The molecule has 0 atom stereocenters. The lowest BCUT2D eigenvalue weighted by Gasteiger charge is -2.19. The van der Waals surface area contributed by atoms with Gasteiger partial charge in [0.2, 0.25) is 0 Å². The van der Waals surface area contributed by atoms with Crippen LogP contribution in [0.3, 0.4) is 0 Å². The molecule has 0 aliphatic carbocycles. The van der Waals surface area contributed by atoms with Gasteiger partial charge in [-0.15, -0.1) is 0 Å². The van der Waals surface area contributed by atoms with Gasteiger partial charge in [0.15, 0.2) is 6.29 Å². The SMILES string of the molecule is CC(C)OCCC(OCc1ccccc1)OCc1ccccc1. The van der Waals surface area contributed by atoms with Crippen LogP contribution in [-0.4, -0.2) is 19.0 Å². The van der Waals surface area contributed by atoms with Gasteiger partial charge in [0.25, 0.3) is 0 Å². The summed E-state index contributed by atoms with van der Waals surface area (Å²) >= 11 is 0. The van der Waals surface area contributed by atoms with Crippen molar-refractivity contribution in [3.8, 4) is 0 Å². The second kappa shape index (κ2) is 10.2. The molecule has 23 heavy (non-hydrogen) atoms. The molecular formula is C20H26O3. The molecule has 0 fully saturated rings. The maximum atomic E-state index is 5.93. The second-order valence-corrected chi connectivity index (χ2v) is 5.73. The predicted molar refractivity (Wildman–Crippen MR) is 92.0 cm³/mol. The molecule has 0 unspecified atom stereocenters. The standard InChI is InChI=1S/C20H26O3/c1-17(2)21-14-13-20(22-15-18-9-5-3-6-10-18)23-16-19-11-7-4-8-12-19/h3-12,17,20H,13-16H2,1-2H3. The molecule has 0 spiro atoms. The summed E-state index contributed by atoms with van der Waals surface area (Å²) in [5.74, 6) is 0. The lowest BCUT2D eigenvalue weighted by molar-refractivity contribution is -0.167. The van der Waals surface area contributed by atoms with E-state index >= 15 is 0 Å². The third-order valence-electron chi connectivity index (χ3n) is 3.36. The number of rotatable bonds is 10. The van der Waals surface area contributed by atoms with E-state index in [0.717, 1.165) is 17.5 Å². The predicted octanol–water partition coefficient (Wildman–Crippen LogP) is 4.56. The third-order valence-corrected chi connectivity index (χ3v) is 3.36. The minimum absolute atomic E-state index is 0.221. The molecule has 0 saturated heterocycles. The van der Waals surface area contributed by atoms with Crippen molar-refractivity contribution >= 4 is 0 Å². The molecule has 0 radical (unpaired) electrons. The van der Waals surface area contributed by atoms with Crippen molar-refractivity contribution in [3.05, 3.63) is 71.8 Å². The van der Waals surface area contributed by atoms with Crippen molar-refractivity contribution in [2.45, 2.75) is 45.9 Å². The van der Waals surface area contributed by atoms with Crippen molar-refractivity contribution in [3.63, 3.8) is 0 Å². The number of ether oxygens (including phenoxy) is 3. The average molecular weight is 314 g/mol. The van der Waals surface area contributed by atoms with E-state index in [1.165, 1.54) is 0 Å². The van der Waals surface area contributed by atoms with Crippen LogP contribution in [0.2, 0.25) is 0 Å². The van der Waals surface area contributed by atoms with Crippen molar-refractivity contribution in [1.82, 2.24) is 0 Å². The van der Waals surface area contributed by atoms with Gasteiger partial charge < -0.3 is 14.2 Å². The molecule has 0 aromatic heterocycles. The Labute approximate surface area is 139 Å². The molecule has 0 aliphatic rings. The fourth-order valence-corrected chi connectivity index (χ4v) is 2.14. The molecule has 0 heterocycles. The second-order valence-electron chi connectivity index (χ2n) is 5.73. The highest BCUT2D eigenvalue weighted by molar-refractivity contribution is 5.14. The first-order valence-electron chi connectivity index (χ1n) is 8.16. The molecule has 0 saturated carbocycles. The molecular weight excluding hydrogens is 288 g/mol. The summed E-state index contributed by atoms with van der Waals surface area (Å²) in [6, 6.07) is 20.3. The van der Waals surface area contributed by atoms with Crippen LogP contribution < -0.4 is 0 Å². The molecule has 3 heteroatoms. The quantitative estimate of drug-likeness (QED) is 0.602. The Morgan fingerprint density at radius 2 is 1.17 bits per heavy atom. The summed E-state index contributed by atoms with van der Waals surface area (Å²) in [6.45, 7) is 5.78. The van der Waals surface area contributed by atoms with Crippen LogP contribution in [-0.2, 0) is 27.4 Å². The molecule has 0 bridgehead atoms. The van der Waals surface area contributed by atoms with Gasteiger partial charge in [-0.2, -0.15) is 0 Å². The fraction of sp³-hybridized carbons (Fsp3) is 0.400. The van der Waals surface area contributed by atoms with Gasteiger partial charge >= 0.3 is 0 Å². The van der Waals surface area contributed by atoms with E-state index in [-0.39, 0.29) is 12.4 Å². The third kappa shape index (κ3) is 7.42. The maximum absolute atomic E-state index is 5.93. The number of hydrogen-bond acceptors (Lipinski definition) is 3. The first-order valence-corrected chi connectivity index (χ1v) is 8.16. The van der Waals surface area contributed by atoms with Crippen LogP contribution in [0.15, 0.2) is 60.7 Å². The zero-order valence-corrected chi connectivity index (χ0v) is 14.0. The lowest BCUT2D eigenvalue weighted by atomic mass is 10.2. The minimum Gasteiger partial charge on any atom is -0.379 e. The van der Waals surface area contributed by atoms with Crippen molar-refractivity contribution < 1.29 is 14.2 Å². The Balaban J connectivity index is 1.83. The largest absolute Gasteiger partial charge is 0.379 e.